The maximum Gasteiger partial charge on any atom is 0.189 e. The van der Waals surface area contributed by atoms with E-state index in [1.54, 1.807) is 0 Å². The summed E-state index contributed by atoms with van der Waals surface area (Å²) in [7, 11) is 0. The van der Waals surface area contributed by atoms with Crippen LogP contribution in [-0.4, -0.2) is 11.8 Å². The van der Waals surface area contributed by atoms with Crippen LogP contribution in [0.5, 0.6) is 0 Å². The Labute approximate surface area is 190 Å². The first-order valence-corrected chi connectivity index (χ1v) is 13.1. The van der Waals surface area contributed by atoms with Gasteiger partial charge in [-0.25, -0.2) is 0 Å². The van der Waals surface area contributed by atoms with Gasteiger partial charge in [0, 0.05) is 6.42 Å². The van der Waals surface area contributed by atoms with Crippen molar-refractivity contribution < 1.29 is 22.9 Å². The van der Waals surface area contributed by atoms with Crippen LogP contribution in [-0.2, 0) is 4.74 Å². The van der Waals surface area contributed by atoms with Gasteiger partial charge in [0.1, 0.15) is 0 Å². The lowest BCUT2D eigenvalue weighted by molar-refractivity contribution is -0.506. The van der Waals surface area contributed by atoms with Crippen molar-refractivity contribution in [3.8, 4) is 0 Å². The van der Waals surface area contributed by atoms with Gasteiger partial charge in [-0.05, 0) is 26.2 Å². The lowest BCUT2D eigenvalue weighted by atomic mass is 9.90. The maximum atomic E-state index is 6.49. The molecule has 2 nitrogen and oxygen atoms in total. The number of ether oxygens (including phenoxy) is 1. The van der Waals surface area contributed by atoms with E-state index in [4.69, 9.17) is 4.74 Å². The Morgan fingerprint density at radius 3 is 1.28 bits per heavy atom. The predicted molar refractivity (Wildman–Crippen MR) is 126 cm³/mol. The Morgan fingerprint density at radius 2 is 0.931 bits per heavy atom. The standard InChI is InChI=1S/C26H55NO.ClH/c1-5-8-10-12-14-16-18-20-23-26(4,28-25(27)22-7-3)24-21-19-17-15-13-11-9-6-2;/h25H,5-24,27H2,1-4H3;1H. The molecule has 0 amide bonds. The van der Waals surface area contributed by atoms with Gasteiger partial charge in [0.05, 0.1) is 5.60 Å². The lowest BCUT2D eigenvalue weighted by Crippen LogP contribution is -3.00. The van der Waals surface area contributed by atoms with Crippen molar-refractivity contribution >= 4 is 0 Å². The predicted octanol–water partition coefficient (Wildman–Crippen LogP) is 5.20. The molecule has 1 atom stereocenters. The highest BCUT2D eigenvalue weighted by Gasteiger charge is 2.27. The summed E-state index contributed by atoms with van der Waals surface area (Å²) in [6.45, 7) is 9.18. The zero-order valence-corrected chi connectivity index (χ0v) is 21.5. The second-order valence-electron chi connectivity index (χ2n) is 9.43. The third-order valence-corrected chi connectivity index (χ3v) is 6.18. The number of rotatable bonds is 22. The molecule has 1 unspecified atom stereocenters. The van der Waals surface area contributed by atoms with Crippen molar-refractivity contribution in [3.63, 3.8) is 0 Å². The van der Waals surface area contributed by atoms with Crippen LogP contribution in [0, 0.1) is 0 Å². The van der Waals surface area contributed by atoms with Crippen molar-refractivity contribution in [2.45, 2.75) is 168 Å². The van der Waals surface area contributed by atoms with Gasteiger partial charge in [0.15, 0.2) is 6.23 Å². The van der Waals surface area contributed by atoms with E-state index in [0.717, 1.165) is 6.42 Å². The fraction of sp³-hybridized carbons (Fsp3) is 1.00. The Balaban J connectivity index is 0. The molecular weight excluding hydrogens is 378 g/mol. The topological polar surface area (TPSA) is 36.9 Å². The summed E-state index contributed by atoms with van der Waals surface area (Å²) in [6.07, 6.45) is 27.1. The first-order valence-electron chi connectivity index (χ1n) is 13.1. The molecule has 0 saturated carbocycles. The molecule has 0 rings (SSSR count). The van der Waals surface area contributed by atoms with Crippen molar-refractivity contribution in [2.24, 2.45) is 0 Å². The quantitative estimate of drug-likeness (QED) is 0.185. The molecule has 0 aliphatic heterocycles. The minimum absolute atomic E-state index is 0. The highest BCUT2D eigenvalue weighted by molar-refractivity contribution is 4.76. The summed E-state index contributed by atoms with van der Waals surface area (Å²) in [6, 6.07) is 0. The zero-order chi connectivity index (χ0) is 20.9. The van der Waals surface area contributed by atoms with Gasteiger partial charge < -0.3 is 22.9 Å². The van der Waals surface area contributed by atoms with Crippen molar-refractivity contribution in [1.29, 1.82) is 0 Å². The van der Waals surface area contributed by atoms with Gasteiger partial charge in [-0.15, -0.1) is 0 Å². The second kappa shape index (κ2) is 22.9. The molecule has 0 fully saturated rings. The highest BCUT2D eigenvalue weighted by Crippen LogP contribution is 2.28. The fourth-order valence-corrected chi connectivity index (χ4v) is 4.29. The number of halogens is 1. The SMILES string of the molecule is CCCCCCCCCCC(C)(CCCCCCCCCC)OC([NH3+])CCC.[Cl-]. The van der Waals surface area contributed by atoms with Crippen LogP contribution in [0.15, 0.2) is 0 Å². The molecule has 0 radical (unpaired) electrons. The number of unbranched alkanes of at least 4 members (excludes halogenated alkanes) is 14. The molecule has 0 heterocycles. The molecule has 3 heteroatoms. The van der Waals surface area contributed by atoms with E-state index in [9.17, 15) is 0 Å². The van der Waals surface area contributed by atoms with E-state index in [2.05, 4.69) is 33.4 Å². The summed E-state index contributed by atoms with van der Waals surface area (Å²) in [5.41, 5.74) is 4.31. The fourth-order valence-electron chi connectivity index (χ4n) is 4.29. The van der Waals surface area contributed by atoms with Gasteiger partial charge in [0.2, 0.25) is 0 Å². The van der Waals surface area contributed by atoms with E-state index in [0.29, 0.717) is 0 Å². The molecule has 0 bridgehead atoms. The van der Waals surface area contributed by atoms with Crippen molar-refractivity contribution in [1.82, 2.24) is 0 Å². The Morgan fingerprint density at radius 1 is 0.586 bits per heavy atom. The van der Waals surface area contributed by atoms with Gasteiger partial charge >= 0.3 is 0 Å². The minimum Gasteiger partial charge on any atom is -1.00 e. The minimum atomic E-state index is 0. The molecule has 0 aliphatic carbocycles. The average molecular weight is 434 g/mol. The first kappa shape index (κ1) is 31.4. The monoisotopic (exact) mass is 433 g/mol. The van der Waals surface area contributed by atoms with E-state index in [1.807, 2.05) is 0 Å². The van der Waals surface area contributed by atoms with Gasteiger partial charge in [-0.3, -0.25) is 0 Å². The second-order valence-corrected chi connectivity index (χ2v) is 9.43. The molecule has 0 aromatic rings. The Kier molecular flexibility index (Phi) is 24.8. The largest absolute Gasteiger partial charge is 1.00 e. The van der Waals surface area contributed by atoms with E-state index in [1.165, 1.54) is 122 Å². The molecule has 0 spiro atoms. The summed E-state index contributed by atoms with van der Waals surface area (Å²) in [4.78, 5) is 0. The zero-order valence-electron chi connectivity index (χ0n) is 20.7. The molecule has 3 N–H and O–H groups in total. The smallest absolute Gasteiger partial charge is 0.189 e. The number of quaternary nitrogens is 1. The van der Waals surface area contributed by atoms with Crippen LogP contribution in [0.1, 0.15) is 156 Å². The van der Waals surface area contributed by atoms with Crippen LogP contribution in [0.4, 0.5) is 0 Å². The third kappa shape index (κ3) is 21.2. The molecule has 29 heavy (non-hydrogen) atoms. The molecule has 0 aromatic carbocycles. The van der Waals surface area contributed by atoms with E-state index < -0.39 is 0 Å². The number of hydrogen-bond acceptors (Lipinski definition) is 1. The maximum absolute atomic E-state index is 6.49. The normalized spacial score (nSPS) is 12.7. The van der Waals surface area contributed by atoms with Crippen LogP contribution in [0.25, 0.3) is 0 Å². The lowest BCUT2D eigenvalue weighted by Gasteiger charge is -2.32. The summed E-state index contributed by atoms with van der Waals surface area (Å²) < 4.78 is 6.49. The van der Waals surface area contributed by atoms with Crippen LogP contribution in [0.2, 0.25) is 0 Å². The van der Waals surface area contributed by atoms with E-state index in [-0.39, 0.29) is 24.2 Å². The van der Waals surface area contributed by atoms with E-state index >= 15 is 0 Å². The van der Waals surface area contributed by atoms with Crippen LogP contribution in [0.3, 0.4) is 0 Å². The molecule has 0 saturated heterocycles. The van der Waals surface area contributed by atoms with Gasteiger partial charge in [-0.1, -0.05) is 124 Å². The van der Waals surface area contributed by atoms with Crippen molar-refractivity contribution in [2.75, 3.05) is 0 Å². The Hall–Kier alpha value is 0.210. The van der Waals surface area contributed by atoms with Gasteiger partial charge in [0.25, 0.3) is 0 Å². The first-order chi connectivity index (χ1) is 13.6. The number of hydrogen-bond donors (Lipinski definition) is 1. The molecule has 0 aromatic heterocycles. The molecule has 0 aliphatic rings. The van der Waals surface area contributed by atoms with Crippen LogP contribution >= 0.6 is 0 Å². The summed E-state index contributed by atoms with van der Waals surface area (Å²) in [5, 5.41) is 0. The van der Waals surface area contributed by atoms with Gasteiger partial charge in [-0.2, -0.15) is 0 Å². The summed E-state index contributed by atoms with van der Waals surface area (Å²) in [5.74, 6) is 0. The Bertz CT molecular complexity index is 291. The molecule has 178 valence electrons. The average Bonchev–Trinajstić information content (AvgIpc) is 2.66. The third-order valence-electron chi connectivity index (χ3n) is 6.18. The molecular formula is C26H56ClNO. The van der Waals surface area contributed by atoms with Crippen molar-refractivity contribution in [3.05, 3.63) is 0 Å². The highest BCUT2D eigenvalue weighted by atomic mass is 35.5. The van der Waals surface area contributed by atoms with Crippen LogP contribution < -0.4 is 18.1 Å². The summed E-state index contributed by atoms with van der Waals surface area (Å²) >= 11 is 0.